The van der Waals surface area contributed by atoms with E-state index >= 15 is 0 Å². The molecule has 3 nitrogen and oxygen atoms in total. The van der Waals surface area contributed by atoms with Gasteiger partial charge in [-0.05, 0) is 16.8 Å². The minimum atomic E-state index is -4.84. The summed E-state index contributed by atoms with van der Waals surface area (Å²) in [7, 11) is 1.05. The van der Waals surface area contributed by atoms with E-state index in [9.17, 15) is 23.1 Å². The number of carbonyl (C=O) groups excluding carboxylic acids is 1. The molecule has 0 spiro atoms. The van der Waals surface area contributed by atoms with Gasteiger partial charge in [0.15, 0.2) is 0 Å². The zero-order valence-corrected chi connectivity index (χ0v) is 9.75. The third kappa shape index (κ3) is 2.21. The average Bonchev–Trinajstić information content (AvgIpc) is 2.34. The number of fused-ring (bicyclic) bond motifs is 1. The van der Waals surface area contributed by atoms with Crippen molar-refractivity contribution in [3.05, 3.63) is 41.5 Å². The Morgan fingerprint density at radius 3 is 2.42 bits per heavy atom. The van der Waals surface area contributed by atoms with E-state index in [-0.39, 0.29) is 5.39 Å². The van der Waals surface area contributed by atoms with Crippen LogP contribution in [-0.2, 0) is 6.18 Å². The first-order valence-corrected chi connectivity index (χ1v) is 5.24. The zero-order chi connectivity index (χ0) is 14.2. The molecule has 0 atom stereocenters. The minimum absolute atomic E-state index is 0.0318. The molecule has 0 aliphatic carbocycles. The van der Waals surface area contributed by atoms with Crippen LogP contribution in [0.3, 0.4) is 0 Å². The average molecular weight is 269 g/mol. The number of halogens is 3. The van der Waals surface area contributed by atoms with Crippen molar-refractivity contribution >= 4 is 16.7 Å². The summed E-state index contributed by atoms with van der Waals surface area (Å²) in [6.45, 7) is 0. The highest BCUT2D eigenvalue weighted by molar-refractivity contribution is 6.05. The van der Waals surface area contributed by atoms with E-state index < -0.39 is 29.0 Å². The molecule has 0 aliphatic heterocycles. The van der Waals surface area contributed by atoms with E-state index in [2.05, 4.69) is 4.74 Å². The molecule has 0 saturated heterocycles. The summed E-state index contributed by atoms with van der Waals surface area (Å²) in [4.78, 5) is 11.1. The van der Waals surface area contributed by atoms with Crippen LogP contribution in [-0.4, -0.2) is 13.1 Å². The summed E-state index contributed by atoms with van der Waals surface area (Å²) >= 11 is 0. The second-order valence-corrected chi connectivity index (χ2v) is 3.84. The van der Waals surface area contributed by atoms with Crippen LogP contribution in [0.1, 0.15) is 15.9 Å². The Kier molecular flexibility index (Phi) is 3.09. The number of alkyl halides is 3. The van der Waals surface area contributed by atoms with Crippen LogP contribution in [0.2, 0.25) is 0 Å². The molecule has 0 radical (unpaired) electrons. The van der Waals surface area contributed by atoms with Crippen LogP contribution < -0.4 is 9.84 Å². The second kappa shape index (κ2) is 4.46. The smallest absolute Gasteiger partial charge is 0.420 e. The molecule has 19 heavy (non-hydrogen) atoms. The van der Waals surface area contributed by atoms with Crippen LogP contribution in [0.4, 0.5) is 13.2 Å². The Morgan fingerprint density at radius 1 is 1.26 bits per heavy atom. The lowest BCUT2D eigenvalue weighted by atomic mass is 9.97. The van der Waals surface area contributed by atoms with Crippen molar-refractivity contribution in [2.45, 2.75) is 6.18 Å². The largest absolute Gasteiger partial charge is 0.545 e. The first kappa shape index (κ1) is 13.2. The summed E-state index contributed by atoms with van der Waals surface area (Å²) in [5, 5.41) is 11.4. The Labute approximate surface area is 106 Å². The maximum Gasteiger partial charge on any atom is 0.420 e. The van der Waals surface area contributed by atoms with Crippen LogP contribution >= 0.6 is 0 Å². The predicted molar refractivity (Wildman–Crippen MR) is 59.8 cm³/mol. The van der Waals surface area contributed by atoms with Crippen molar-refractivity contribution in [1.29, 1.82) is 0 Å². The quantitative estimate of drug-likeness (QED) is 0.840. The molecule has 0 bridgehead atoms. The fourth-order valence-corrected chi connectivity index (χ4v) is 1.98. The number of ether oxygens (including phenoxy) is 1. The molecule has 0 saturated carbocycles. The van der Waals surface area contributed by atoms with Crippen molar-refractivity contribution < 1.29 is 27.8 Å². The molecule has 2 aromatic rings. The van der Waals surface area contributed by atoms with Gasteiger partial charge >= 0.3 is 6.18 Å². The molecule has 0 N–H and O–H groups in total. The predicted octanol–water partition coefficient (Wildman–Crippen LogP) is 2.23. The first-order chi connectivity index (χ1) is 8.86. The van der Waals surface area contributed by atoms with E-state index in [1.54, 1.807) is 6.07 Å². The van der Waals surface area contributed by atoms with Crippen molar-refractivity contribution in [3.63, 3.8) is 0 Å². The summed E-state index contributed by atoms with van der Waals surface area (Å²) in [5.41, 5.74) is -2.23. The molecule has 2 rings (SSSR count). The molecule has 100 valence electrons. The van der Waals surface area contributed by atoms with Gasteiger partial charge in [-0.25, -0.2) is 0 Å². The van der Waals surface area contributed by atoms with E-state index in [0.29, 0.717) is 5.39 Å². The first-order valence-electron chi connectivity index (χ1n) is 5.24. The van der Waals surface area contributed by atoms with Crippen molar-refractivity contribution in [3.8, 4) is 5.75 Å². The second-order valence-electron chi connectivity index (χ2n) is 3.84. The zero-order valence-electron chi connectivity index (χ0n) is 9.75. The molecule has 0 aliphatic rings. The number of carbonyl (C=O) groups is 1. The van der Waals surface area contributed by atoms with E-state index in [4.69, 9.17) is 0 Å². The molecule has 2 aromatic carbocycles. The third-order valence-corrected chi connectivity index (χ3v) is 2.72. The molecule has 0 heterocycles. The molecule has 6 heteroatoms. The summed E-state index contributed by atoms with van der Waals surface area (Å²) in [6.07, 6.45) is -4.84. The maximum absolute atomic E-state index is 13.0. The van der Waals surface area contributed by atoms with Gasteiger partial charge in [-0.2, -0.15) is 13.2 Å². The number of rotatable bonds is 2. The fraction of sp³-hybridized carbons (Fsp3) is 0.154. The van der Waals surface area contributed by atoms with E-state index in [1.807, 2.05) is 0 Å². The van der Waals surface area contributed by atoms with Gasteiger partial charge in [0, 0.05) is 5.56 Å². The van der Waals surface area contributed by atoms with Crippen LogP contribution in [0.15, 0.2) is 30.3 Å². The molecule has 0 fully saturated rings. The third-order valence-electron chi connectivity index (χ3n) is 2.72. The lowest BCUT2D eigenvalue weighted by Gasteiger charge is -2.19. The van der Waals surface area contributed by atoms with Gasteiger partial charge in [-0.3, -0.25) is 0 Å². The van der Waals surface area contributed by atoms with Crippen molar-refractivity contribution in [2.24, 2.45) is 0 Å². The monoisotopic (exact) mass is 269 g/mol. The van der Waals surface area contributed by atoms with Gasteiger partial charge in [0.05, 0.1) is 13.1 Å². The Hall–Kier alpha value is -2.24. The summed E-state index contributed by atoms with van der Waals surface area (Å²) < 4.78 is 43.7. The molecule has 0 amide bonds. The Bertz CT molecular complexity index is 647. The number of aromatic carboxylic acids is 1. The summed E-state index contributed by atoms with van der Waals surface area (Å²) in [5.74, 6) is -2.42. The molecular weight excluding hydrogens is 261 g/mol. The minimum Gasteiger partial charge on any atom is -0.545 e. The number of carboxylic acids is 1. The van der Waals surface area contributed by atoms with Gasteiger partial charge < -0.3 is 14.6 Å². The van der Waals surface area contributed by atoms with Crippen LogP contribution in [0.5, 0.6) is 5.75 Å². The lowest BCUT2D eigenvalue weighted by Crippen LogP contribution is -2.27. The molecular formula is C13H8F3O3-. The molecule has 0 unspecified atom stereocenters. The number of hydrogen-bond acceptors (Lipinski definition) is 3. The van der Waals surface area contributed by atoms with Gasteiger partial charge in [-0.1, -0.05) is 24.3 Å². The summed E-state index contributed by atoms with van der Waals surface area (Å²) in [6, 6.07) is 7.01. The number of methoxy groups -OCH3 is 1. The van der Waals surface area contributed by atoms with Crippen LogP contribution in [0.25, 0.3) is 10.8 Å². The number of hydrogen-bond donors (Lipinski definition) is 0. The lowest BCUT2D eigenvalue weighted by molar-refractivity contribution is -0.255. The van der Waals surface area contributed by atoms with Gasteiger partial charge in [-0.15, -0.1) is 0 Å². The molecule has 0 aromatic heterocycles. The van der Waals surface area contributed by atoms with Crippen LogP contribution in [0, 0.1) is 0 Å². The van der Waals surface area contributed by atoms with E-state index in [1.165, 1.54) is 18.2 Å². The maximum atomic E-state index is 13.0. The fourth-order valence-electron chi connectivity index (χ4n) is 1.98. The van der Waals surface area contributed by atoms with Gasteiger partial charge in [0.2, 0.25) is 0 Å². The van der Waals surface area contributed by atoms with Crippen molar-refractivity contribution in [2.75, 3.05) is 7.11 Å². The van der Waals surface area contributed by atoms with Crippen molar-refractivity contribution in [1.82, 2.24) is 0 Å². The van der Waals surface area contributed by atoms with E-state index in [0.717, 1.165) is 13.2 Å². The normalized spacial score (nSPS) is 11.6. The SMILES string of the molecule is COc1cc2ccccc2c(C(=O)[O-])c1C(F)(F)F. The standard InChI is InChI=1S/C13H9F3O3/c1-19-9-6-7-4-2-3-5-8(7)10(12(17)18)11(9)13(14,15)16/h2-6H,1H3,(H,17,18)/p-1. The Morgan fingerprint density at radius 2 is 1.89 bits per heavy atom. The van der Waals surface area contributed by atoms with Gasteiger partial charge in [0.25, 0.3) is 0 Å². The highest BCUT2D eigenvalue weighted by Gasteiger charge is 2.38. The highest BCUT2D eigenvalue weighted by Crippen LogP contribution is 2.41. The highest BCUT2D eigenvalue weighted by atomic mass is 19.4. The topological polar surface area (TPSA) is 49.4 Å². The Balaban J connectivity index is 2.98. The van der Waals surface area contributed by atoms with Gasteiger partial charge in [0.1, 0.15) is 11.3 Å². The number of benzene rings is 2. The number of carboxylic acid groups (broad SMARTS) is 1.